The van der Waals surface area contributed by atoms with E-state index in [9.17, 15) is 0 Å². The maximum absolute atomic E-state index is 9.01. The summed E-state index contributed by atoms with van der Waals surface area (Å²) in [7, 11) is 0. The molecule has 0 saturated heterocycles. The molecule has 0 aliphatic heterocycles. The predicted octanol–water partition coefficient (Wildman–Crippen LogP) is -0.221. The van der Waals surface area contributed by atoms with Crippen LogP contribution in [0.1, 0.15) is 0 Å². The second-order valence-electron chi connectivity index (χ2n) is 0.394. The molecular formula is CH4BaN2O2. The molecule has 0 spiro atoms. The van der Waals surface area contributed by atoms with Gasteiger partial charge in [0, 0.05) is 0 Å². The van der Waals surface area contributed by atoms with Crippen LogP contribution in [0, 0.1) is 5.53 Å². The standard InChI is InChI=1S/CH2N2O2.Ba.2H/c2-3-1(4)5;;;/h2H,(H,4,5);;;. The van der Waals surface area contributed by atoms with Crippen molar-refractivity contribution in [3.05, 3.63) is 0 Å². The maximum atomic E-state index is 9.01. The molecule has 2 N–H and O–H groups in total. The summed E-state index contributed by atoms with van der Waals surface area (Å²) < 4.78 is 0. The summed E-state index contributed by atoms with van der Waals surface area (Å²) in [6.07, 6.45) is -1.45. The average molecular weight is 213 g/mol. The van der Waals surface area contributed by atoms with Crippen LogP contribution < -0.4 is 0 Å². The Hall–Kier alpha value is 0.641. The molecule has 32 valence electrons. The summed E-state index contributed by atoms with van der Waals surface area (Å²) in [5.74, 6) is 0. The van der Waals surface area contributed by atoms with E-state index in [0.29, 0.717) is 0 Å². The van der Waals surface area contributed by atoms with Crippen LogP contribution in [0.5, 0.6) is 0 Å². The summed E-state index contributed by atoms with van der Waals surface area (Å²) in [5.41, 5.74) is 5.68. The summed E-state index contributed by atoms with van der Waals surface area (Å²) in [6.45, 7) is 0. The molecule has 5 heteroatoms. The Morgan fingerprint density at radius 1 is 1.83 bits per heavy atom. The van der Waals surface area contributed by atoms with Gasteiger partial charge in [-0.3, -0.25) is 0 Å². The van der Waals surface area contributed by atoms with Gasteiger partial charge in [-0.25, -0.2) is 4.79 Å². The van der Waals surface area contributed by atoms with Gasteiger partial charge >= 0.3 is 55.0 Å². The first-order chi connectivity index (χ1) is 2.27. The molecule has 4 nitrogen and oxygen atoms in total. The van der Waals surface area contributed by atoms with Crippen LogP contribution in [0.3, 0.4) is 0 Å². The molecule has 0 heterocycles. The van der Waals surface area contributed by atoms with E-state index in [4.69, 9.17) is 15.4 Å². The molecule has 1 amide bonds. The minimum absolute atomic E-state index is 0. The summed E-state index contributed by atoms with van der Waals surface area (Å²) in [5, 5.41) is 9.42. The molecule has 0 aliphatic carbocycles. The van der Waals surface area contributed by atoms with Crippen LogP contribution in [-0.2, 0) is 0 Å². The molecule has 0 aromatic heterocycles. The van der Waals surface area contributed by atoms with Gasteiger partial charge in [0.15, 0.2) is 0 Å². The SMILES string of the molecule is N=NC(=O)O.[BaH2]. The van der Waals surface area contributed by atoms with Crippen molar-refractivity contribution in [2.45, 2.75) is 0 Å². The summed E-state index contributed by atoms with van der Waals surface area (Å²) in [6, 6.07) is 0. The monoisotopic (exact) mass is 214 g/mol. The molecule has 0 atom stereocenters. The Balaban J connectivity index is 0. The molecule has 0 aliphatic rings. The topological polar surface area (TPSA) is 73.5 Å². The van der Waals surface area contributed by atoms with Crippen LogP contribution in [0.2, 0.25) is 0 Å². The van der Waals surface area contributed by atoms with Crippen molar-refractivity contribution in [3.63, 3.8) is 0 Å². The predicted molar refractivity (Wildman–Crippen MR) is 21.7 cm³/mol. The fourth-order valence-corrected chi connectivity index (χ4v) is 0. The number of amides is 1. The molecule has 0 fully saturated rings. The van der Waals surface area contributed by atoms with E-state index < -0.39 is 6.09 Å². The van der Waals surface area contributed by atoms with E-state index in [1.165, 1.54) is 0 Å². The number of carboxylic acid groups (broad SMARTS) is 1. The van der Waals surface area contributed by atoms with Crippen molar-refractivity contribution in [1.82, 2.24) is 0 Å². The van der Waals surface area contributed by atoms with Gasteiger partial charge in [0.1, 0.15) is 0 Å². The van der Waals surface area contributed by atoms with Gasteiger partial charge in [0.2, 0.25) is 0 Å². The Morgan fingerprint density at radius 2 is 2.00 bits per heavy atom. The third-order valence-electron chi connectivity index (χ3n) is 0.0956. The number of hydrogen-bond donors (Lipinski definition) is 2. The number of nitrogens with one attached hydrogen (secondary N) is 1. The van der Waals surface area contributed by atoms with E-state index >= 15 is 0 Å². The first-order valence-corrected chi connectivity index (χ1v) is 0.875. The first kappa shape index (κ1) is 9.81. The normalized spacial score (nSPS) is 5.33. The molecule has 0 bridgehead atoms. The van der Waals surface area contributed by atoms with Crippen LogP contribution in [0.15, 0.2) is 5.11 Å². The first-order valence-electron chi connectivity index (χ1n) is 0.875. The Morgan fingerprint density at radius 3 is 2.00 bits per heavy atom. The van der Waals surface area contributed by atoms with Crippen molar-refractivity contribution < 1.29 is 9.90 Å². The second-order valence-corrected chi connectivity index (χ2v) is 0.394. The Bertz CT molecular complexity index is 62.6. The van der Waals surface area contributed by atoms with Crippen molar-refractivity contribution in [2.75, 3.05) is 0 Å². The van der Waals surface area contributed by atoms with Gasteiger partial charge in [0.05, 0.1) is 0 Å². The van der Waals surface area contributed by atoms with Gasteiger partial charge in [-0.15, -0.1) is 0 Å². The van der Waals surface area contributed by atoms with Crippen molar-refractivity contribution in [3.8, 4) is 0 Å². The fourth-order valence-electron chi connectivity index (χ4n) is 0. The number of carbonyl (C=O) groups is 1. The molecular weight excluding hydrogens is 209 g/mol. The van der Waals surface area contributed by atoms with Crippen LogP contribution >= 0.6 is 0 Å². The Kier molecular flexibility index (Phi) is 9.23. The van der Waals surface area contributed by atoms with Gasteiger partial charge in [-0.05, 0) is 0 Å². The zero-order valence-corrected chi connectivity index (χ0v) is 2.30. The minimum atomic E-state index is -1.45. The van der Waals surface area contributed by atoms with Gasteiger partial charge in [0.25, 0.3) is 0 Å². The van der Waals surface area contributed by atoms with Gasteiger partial charge in [-0.2, -0.15) is 5.53 Å². The van der Waals surface area contributed by atoms with E-state index in [1.54, 1.807) is 0 Å². The molecule has 0 aromatic rings. The zero-order chi connectivity index (χ0) is 4.28. The third kappa shape index (κ3) is 8.82. The number of nitrogens with zero attached hydrogens (tertiary/aromatic N) is 1. The van der Waals surface area contributed by atoms with Crippen LogP contribution in [0.4, 0.5) is 4.79 Å². The van der Waals surface area contributed by atoms with Crippen molar-refractivity contribution >= 4 is 55.0 Å². The number of rotatable bonds is 0. The molecule has 0 radical (unpaired) electrons. The van der Waals surface area contributed by atoms with E-state index in [-0.39, 0.29) is 48.9 Å². The van der Waals surface area contributed by atoms with E-state index in [2.05, 4.69) is 5.11 Å². The van der Waals surface area contributed by atoms with Crippen LogP contribution in [-0.4, -0.2) is 60.1 Å². The Labute approximate surface area is 74.5 Å². The van der Waals surface area contributed by atoms with Crippen molar-refractivity contribution in [1.29, 1.82) is 5.53 Å². The van der Waals surface area contributed by atoms with Crippen molar-refractivity contribution in [2.24, 2.45) is 5.11 Å². The zero-order valence-electron chi connectivity index (χ0n) is 2.30. The van der Waals surface area contributed by atoms with Crippen LogP contribution in [0.25, 0.3) is 0 Å². The molecule has 0 saturated carbocycles. The van der Waals surface area contributed by atoms with Gasteiger partial charge < -0.3 is 5.11 Å². The second kappa shape index (κ2) is 5.64. The quantitative estimate of drug-likeness (QED) is 0.431. The van der Waals surface area contributed by atoms with E-state index in [0.717, 1.165) is 0 Å². The van der Waals surface area contributed by atoms with E-state index in [1.807, 2.05) is 0 Å². The molecule has 0 aromatic carbocycles. The molecule has 6 heavy (non-hydrogen) atoms. The number of hydrogen-bond acceptors (Lipinski definition) is 2. The molecule has 0 rings (SSSR count). The summed E-state index contributed by atoms with van der Waals surface area (Å²) >= 11 is 0. The summed E-state index contributed by atoms with van der Waals surface area (Å²) in [4.78, 5) is 9.01. The average Bonchev–Trinajstić information content (AvgIpc) is 1.38. The van der Waals surface area contributed by atoms with Gasteiger partial charge in [-0.1, -0.05) is 5.11 Å². The third-order valence-corrected chi connectivity index (χ3v) is 0.0956. The molecule has 0 unspecified atom stereocenters. The fraction of sp³-hybridized carbons (Fsp3) is 0.